The first-order valence-electron chi connectivity index (χ1n) is 4.01. The van der Waals surface area contributed by atoms with Crippen LogP contribution in [0.25, 0.3) is 5.65 Å². The maximum atomic E-state index is 5.60. The number of imidazole rings is 1. The summed E-state index contributed by atoms with van der Waals surface area (Å²) in [5.74, 6) is 1.21. The average Bonchev–Trinajstić information content (AvgIpc) is 2.51. The zero-order chi connectivity index (χ0) is 9.26. The van der Waals surface area contributed by atoms with E-state index < -0.39 is 0 Å². The van der Waals surface area contributed by atoms with Crippen molar-refractivity contribution in [3.63, 3.8) is 0 Å². The molecule has 0 spiro atoms. The van der Waals surface area contributed by atoms with Crippen molar-refractivity contribution < 1.29 is 0 Å². The van der Waals surface area contributed by atoms with Crippen LogP contribution >= 0.6 is 0 Å². The molecular formula is C7H10N6. The van der Waals surface area contributed by atoms with Crippen molar-refractivity contribution in [1.82, 2.24) is 19.6 Å². The van der Waals surface area contributed by atoms with E-state index in [1.165, 1.54) is 6.33 Å². The molecule has 2 aromatic heterocycles. The molecule has 2 aromatic rings. The van der Waals surface area contributed by atoms with E-state index in [4.69, 9.17) is 5.73 Å². The molecule has 6 heteroatoms. The quantitative estimate of drug-likeness (QED) is 0.683. The predicted octanol–water partition coefficient (Wildman–Crippen LogP) is 0.138. The molecule has 0 aromatic carbocycles. The Morgan fingerprint density at radius 1 is 1.54 bits per heavy atom. The summed E-state index contributed by atoms with van der Waals surface area (Å²) in [6.45, 7) is 2.82. The predicted molar refractivity (Wildman–Crippen MR) is 49.4 cm³/mol. The number of hydrogen-bond acceptors (Lipinski definition) is 5. The van der Waals surface area contributed by atoms with E-state index in [1.807, 2.05) is 6.92 Å². The van der Waals surface area contributed by atoms with Gasteiger partial charge in [-0.3, -0.25) is 0 Å². The van der Waals surface area contributed by atoms with Crippen LogP contribution in [0, 0.1) is 0 Å². The molecule has 3 N–H and O–H groups in total. The van der Waals surface area contributed by atoms with E-state index >= 15 is 0 Å². The van der Waals surface area contributed by atoms with Crippen LogP contribution in [0.4, 0.5) is 11.6 Å². The summed E-state index contributed by atoms with van der Waals surface area (Å²) >= 11 is 0. The third kappa shape index (κ3) is 1.16. The van der Waals surface area contributed by atoms with Gasteiger partial charge < -0.3 is 11.1 Å². The van der Waals surface area contributed by atoms with Gasteiger partial charge in [0.1, 0.15) is 12.1 Å². The minimum Gasteiger partial charge on any atom is -0.381 e. The summed E-state index contributed by atoms with van der Waals surface area (Å²) in [5, 5.41) is 7.13. The average molecular weight is 178 g/mol. The van der Waals surface area contributed by atoms with Gasteiger partial charge in [-0.1, -0.05) is 0 Å². The van der Waals surface area contributed by atoms with E-state index in [9.17, 15) is 0 Å². The summed E-state index contributed by atoms with van der Waals surface area (Å²) in [4.78, 5) is 7.92. The Morgan fingerprint density at radius 2 is 2.38 bits per heavy atom. The largest absolute Gasteiger partial charge is 0.381 e. The van der Waals surface area contributed by atoms with Gasteiger partial charge in [-0.2, -0.15) is 9.61 Å². The SMILES string of the molecule is CCNc1cnc2c(N)ncnn12. The molecule has 2 rings (SSSR count). The van der Waals surface area contributed by atoms with Crippen molar-refractivity contribution in [2.24, 2.45) is 0 Å². The van der Waals surface area contributed by atoms with E-state index in [1.54, 1.807) is 10.7 Å². The molecule has 2 heterocycles. The standard InChI is InChI=1S/C7H10N6/c1-2-9-5-3-10-7-6(8)11-4-12-13(5)7/h3-4,9H,2H2,1H3,(H2,8,11,12). The first-order chi connectivity index (χ1) is 6.33. The van der Waals surface area contributed by atoms with E-state index in [2.05, 4.69) is 20.4 Å². The number of aromatic nitrogens is 4. The fourth-order valence-electron chi connectivity index (χ4n) is 1.14. The first-order valence-corrected chi connectivity index (χ1v) is 4.01. The third-order valence-electron chi connectivity index (χ3n) is 1.69. The fraction of sp³-hybridized carbons (Fsp3) is 0.286. The van der Waals surface area contributed by atoms with Crippen molar-refractivity contribution in [3.05, 3.63) is 12.5 Å². The van der Waals surface area contributed by atoms with Gasteiger partial charge in [0.25, 0.3) is 0 Å². The summed E-state index contributed by atoms with van der Waals surface area (Å²) in [7, 11) is 0. The van der Waals surface area contributed by atoms with Crippen molar-refractivity contribution in [1.29, 1.82) is 0 Å². The van der Waals surface area contributed by atoms with Crippen LogP contribution in [0.2, 0.25) is 0 Å². The molecule has 0 aliphatic carbocycles. The van der Waals surface area contributed by atoms with Crippen molar-refractivity contribution in [2.45, 2.75) is 6.92 Å². The molecule has 0 aliphatic rings. The van der Waals surface area contributed by atoms with Crippen LogP contribution in [0.5, 0.6) is 0 Å². The minimum absolute atomic E-state index is 0.388. The monoisotopic (exact) mass is 178 g/mol. The molecule has 0 radical (unpaired) electrons. The fourth-order valence-corrected chi connectivity index (χ4v) is 1.14. The van der Waals surface area contributed by atoms with Crippen molar-refractivity contribution in [2.75, 3.05) is 17.6 Å². The van der Waals surface area contributed by atoms with Gasteiger partial charge in [-0.15, -0.1) is 0 Å². The number of nitrogen functional groups attached to an aromatic ring is 1. The lowest BCUT2D eigenvalue weighted by molar-refractivity contribution is 0.899. The highest BCUT2D eigenvalue weighted by Crippen LogP contribution is 2.12. The van der Waals surface area contributed by atoms with Gasteiger partial charge in [-0.25, -0.2) is 9.97 Å². The van der Waals surface area contributed by atoms with Crippen LogP contribution in [-0.2, 0) is 0 Å². The lowest BCUT2D eigenvalue weighted by Gasteiger charge is -2.00. The number of nitrogens with one attached hydrogen (secondary N) is 1. The van der Waals surface area contributed by atoms with Crippen LogP contribution in [-0.4, -0.2) is 26.1 Å². The first kappa shape index (κ1) is 7.78. The van der Waals surface area contributed by atoms with Crippen LogP contribution in [0.3, 0.4) is 0 Å². The lowest BCUT2D eigenvalue weighted by atomic mass is 10.6. The summed E-state index contributed by atoms with van der Waals surface area (Å²) < 4.78 is 1.63. The molecule has 0 saturated heterocycles. The number of nitrogens with zero attached hydrogens (tertiary/aromatic N) is 4. The van der Waals surface area contributed by atoms with Crippen LogP contribution in [0.1, 0.15) is 6.92 Å². The maximum absolute atomic E-state index is 5.60. The Balaban J connectivity index is 2.61. The second-order valence-corrected chi connectivity index (χ2v) is 2.55. The van der Waals surface area contributed by atoms with Gasteiger partial charge in [0, 0.05) is 6.54 Å². The minimum atomic E-state index is 0.388. The van der Waals surface area contributed by atoms with Crippen molar-refractivity contribution >= 4 is 17.3 Å². The number of hydrogen-bond donors (Lipinski definition) is 2. The zero-order valence-electron chi connectivity index (χ0n) is 7.23. The maximum Gasteiger partial charge on any atom is 0.198 e. The van der Waals surface area contributed by atoms with Gasteiger partial charge in [0.15, 0.2) is 11.5 Å². The topological polar surface area (TPSA) is 81.1 Å². The van der Waals surface area contributed by atoms with Crippen LogP contribution in [0.15, 0.2) is 12.5 Å². The Bertz CT molecular complexity index is 420. The van der Waals surface area contributed by atoms with Gasteiger partial charge in [0.05, 0.1) is 6.20 Å². The second-order valence-electron chi connectivity index (χ2n) is 2.55. The number of fused-ring (bicyclic) bond motifs is 1. The van der Waals surface area contributed by atoms with E-state index in [0.717, 1.165) is 12.4 Å². The molecule has 0 saturated carbocycles. The van der Waals surface area contributed by atoms with E-state index in [-0.39, 0.29) is 0 Å². The molecular weight excluding hydrogens is 168 g/mol. The Morgan fingerprint density at radius 3 is 3.15 bits per heavy atom. The molecule has 0 bridgehead atoms. The lowest BCUT2D eigenvalue weighted by Crippen LogP contribution is -2.04. The number of rotatable bonds is 2. The molecule has 68 valence electrons. The molecule has 0 aliphatic heterocycles. The molecule has 6 nitrogen and oxygen atoms in total. The molecule has 0 amide bonds. The normalized spacial score (nSPS) is 10.5. The van der Waals surface area contributed by atoms with Crippen molar-refractivity contribution in [3.8, 4) is 0 Å². The van der Waals surface area contributed by atoms with Crippen LogP contribution < -0.4 is 11.1 Å². The highest BCUT2D eigenvalue weighted by Gasteiger charge is 2.05. The zero-order valence-corrected chi connectivity index (χ0v) is 7.23. The molecule has 0 unspecified atom stereocenters. The molecule has 0 fully saturated rings. The number of anilines is 2. The Kier molecular flexibility index (Phi) is 1.73. The van der Waals surface area contributed by atoms with Gasteiger partial charge >= 0.3 is 0 Å². The highest BCUT2D eigenvalue weighted by molar-refractivity contribution is 5.62. The van der Waals surface area contributed by atoms with Gasteiger partial charge in [0.2, 0.25) is 0 Å². The summed E-state index contributed by atoms with van der Waals surface area (Å²) in [5.41, 5.74) is 6.19. The summed E-state index contributed by atoms with van der Waals surface area (Å²) in [6.07, 6.45) is 3.09. The Hall–Kier alpha value is -1.85. The van der Waals surface area contributed by atoms with E-state index in [0.29, 0.717) is 11.5 Å². The second kappa shape index (κ2) is 2.89. The molecule has 0 atom stereocenters. The summed E-state index contributed by atoms with van der Waals surface area (Å²) in [6, 6.07) is 0. The highest BCUT2D eigenvalue weighted by atomic mass is 15.3. The molecule has 13 heavy (non-hydrogen) atoms. The Labute approximate surface area is 74.8 Å². The smallest absolute Gasteiger partial charge is 0.198 e. The number of nitrogens with two attached hydrogens (primary N) is 1. The van der Waals surface area contributed by atoms with Gasteiger partial charge in [-0.05, 0) is 6.92 Å². The third-order valence-corrected chi connectivity index (χ3v) is 1.69.